The second-order valence-corrected chi connectivity index (χ2v) is 6.70. The Morgan fingerprint density at radius 3 is 2.72 bits per heavy atom. The van der Waals surface area contributed by atoms with Gasteiger partial charge in [0, 0.05) is 18.0 Å². The van der Waals surface area contributed by atoms with E-state index in [1.165, 1.54) is 0 Å². The van der Waals surface area contributed by atoms with Crippen LogP contribution in [-0.4, -0.2) is 32.3 Å². The summed E-state index contributed by atoms with van der Waals surface area (Å²) < 4.78 is 7.66. The SMILES string of the molecule is N#Cc1c(-c2ccccc2)nc(NN=Cc2ccc(OCCn3ccnc3)cc2)[nH]c1=O. The lowest BCUT2D eigenvalue weighted by molar-refractivity contribution is 0.298. The van der Waals surface area contributed by atoms with Gasteiger partial charge in [-0.25, -0.2) is 15.4 Å². The zero-order chi connectivity index (χ0) is 22.2. The molecule has 0 saturated carbocycles. The fourth-order valence-corrected chi connectivity index (χ4v) is 2.94. The average Bonchev–Trinajstić information content (AvgIpc) is 3.34. The molecule has 2 aromatic carbocycles. The molecule has 0 aliphatic heterocycles. The third-order valence-corrected chi connectivity index (χ3v) is 4.52. The monoisotopic (exact) mass is 425 g/mol. The van der Waals surface area contributed by atoms with Crippen LogP contribution in [0.1, 0.15) is 11.1 Å². The lowest BCUT2D eigenvalue weighted by atomic mass is 10.1. The van der Waals surface area contributed by atoms with E-state index in [1.54, 1.807) is 30.9 Å². The number of imidazole rings is 1. The van der Waals surface area contributed by atoms with E-state index in [2.05, 4.69) is 25.5 Å². The number of nitriles is 1. The molecule has 0 aliphatic carbocycles. The lowest BCUT2D eigenvalue weighted by Gasteiger charge is -2.07. The number of benzene rings is 2. The third kappa shape index (κ3) is 5.06. The first kappa shape index (κ1) is 20.6. The molecule has 32 heavy (non-hydrogen) atoms. The van der Waals surface area contributed by atoms with Crippen molar-refractivity contribution in [2.24, 2.45) is 5.10 Å². The Kier molecular flexibility index (Phi) is 6.34. The maximum absolute atomic E-state index is 12.3. The van der Waals surface area contributed by atoms with Crippen LogP contribution in [0.5, 0.6) is 5.75 Å². The van der Waals surface area contributed by atoms with Gasteiger partial charge in [0.1, 0.15) is 24.0 Å². The summed E-state index contributed by atoms with van der Waals surface area (Å²) >= 11 is 0. The van der Waals surface area contributed by atoms with Crippen LogP contribution < -0.4 is 15.7 Å². The van der Waals surface area contributed by atoms with Crippen molar-refractivity contribution in [1.82, 2.24) is 19.5 Å². The summed E-state index contributed by atoms with van der Waals surface area (Å²) in [5, 5.41) is 13.5. The fourth-order valence-electron chi connectivity index (χ4n) is 2.94. The number of aromatic nitrogens is 4. The first-order chi connectivity index (χ1) is 15.7. The molecule has 0 spiro atoms. The highest BCUT2D eigenvalue weighted by molar-refractivity contribution is 5.80. The van der Waals surface area contributed by atoms with Crippen LogP contribution in [0.25, 0.3) is 11.3 Å². The van der Waals surface area contributed by atoms with Crippen molar-refractivity contribution in [3.05, 3.63) is 94.8 Å². The molecule has 9 heteroatoms. The lowest BCUT2D eigenvalue weighted by Crippen LogP contribution is -2.16. The molecule has 2 aromatic heterocycles. The minimum Gasteiger partial charge on any atom is -0.492 e. The number of anilines is 1. The van der Waals surface area contributed by atoms with Crippen molar-refractivity contribution in [2.45, 2.75) is 6.54 Å². The minimum atomic E-state index is -0.531. The van der Waals surface area contributed by atoms with Gasteiger partial charge in [-0.15, -0.1) is 0 Å². The Bertz CT molecular complexity index is 1290. The molecular formula is C23H19N7O2. The van der Waals surface area contributed by atoms with Gasteiger partial charge in [0.15, 0.2) is 0 Å². The molecule has 4 rings (SSSR count). The number of rotatable bonds is 8. The predicted molar refractivity (Wildman–Crippen MR) is 120 cm³/mol. The van der Waals surface area contributed by atoms with Gasteiger partial charge in [0.2, 0.25) is 5.95 Å². The molecule has 0 radical (unpaired) electrons. The molecule has 0 atom stereocenters. The standard InChI is InChI=1S/C23H19N7O2/c24-14-20-21(18-4-2-1-3-5-18)27-23(28-22(20)31)29-26-15-17-6-8-19(9-7-17)32-13-12-30-11-10-25-16-30/h1-11,15-16H,12-13H2,(H2,27,28,29,31). The van der Waals surface area contributed by atoms with Gasteiger partial charge in [-0.3, -0.25) is 9.78 Å². The number of hydrogen-bond acceptors (Lipinski definition) is 7. The summed E-state index contributed by atoms with van der Waals surface area (Å²) in [6, 6.07) is 18.4. The second kappa shape index (κ2) is 9.86. The van der Waals surface area contributed by atoms with E-state index in [4.69, 9.17) is 4.74 Å². The fraction of sp³-hybridized carbons (Fsp3) is 0.0870. The Balaban J connectivity index is 1.40. The number of nitrogens with zero attached hydrogens (tertiary/aromatic N) is 5. The molecule has 0 saturated heterocycles. The van der Waals surface area contributed by atoms with Crippen molar-refractivity contribution in [3.63, 3.8) is 0 Å². The molecule has 0 amide bonds. The quantitative estimate of drug-likeness (QED) is 0.331. The number of hydrogen-bond donors (Lipinski definition) is 2. The maximum Gasteiger partial charge on any atom is 0.270 e. The molecule has 9 nitrogen and oxygen atoms in total. The van der Waals surface area contributed by atoms with Crippen LogP contribution in [0.15, 0.2) is 83.2 Å². The van der Waals surface area contributed by atoms with E-state index in [0.29, 0.717) is 24.4 Å². The van der Waals surface area contributed by atoms with E-state index < -0.39 is 5.56 Å². The molecule has 0 aliphatic rings. The summed E-state index contributed by atoms with van der Waals surface area (Å²) in [6.45, 7) is 1.25. The molecule has 2 heterocycles. The van der Waals surface area contributed by atoms with Crippen LogP contribution in [0, 0.1) is 11.3 Å². The predicted octanol–water partition coefficient (Wildman–Crippen LogP) is 3.03. The summed E-state index contributed by atoms with van der Waals surface area (Å²) in [5.74, 6) is 0.893. The molecule has 0 fully saturated rings. The number of nitrogens with one attached hydrogen (secondary N) is 2. The average molecular weight is 425 g/mol. The van der Waals surface area contributed by atoms with Gasteiger partial charge >= 0.3 is 0 Å². The summed E-state index contributed by atoms with van der Waals surface area (Å²) in [5.41, 5.74) is 3.94. The van der Waals surface area contributed by atoms with Gasteiger partial charge in [-0.1, -0.05) is 30.3 Å². The van der Waals surface area contributed by atoms with Crippen LogP contribution in [0.3, 0.4) is 0 Å². The molecular weight excluding hydrogens is 406 g/mol. The van der Waals surface area contributed by atoms with E-state index in [0.717, 1.165) is 11.3 Å². The van der Waals surface area contributed by atoms with Gasteiger partial charge in [-0.2, -0.15) is 10.4 Å². The Morgan fingerprint density at radius 1 is 1.19 bits per heavy atom. The Morgan fingerprint density at radius 2 is 2.00 bits per heavy atom. The van der Waals surface area contributed by atoms with Crippen LogP contribution in [0.2, 0.25) is 0 Å². The van der Waals surface area contributed by atoms with E-state index in [9.17, 15) is 10.1 Å². The smallest absolute Gasteiger partial charge is 0.270 e. The largest absolute Gasteiger partial charge is 0.492 e. The Labute approximate surface area is 183 Å². The normalized spacial score (nSPS) is 10.7. The summed E-state index contributed by atoms with van der Waals surface area (Å²) in [4.78, 5) is 23.1. The zero-order valence-corrected chi connectivity index (χ0v) is 17.0. The summed E-state index contributed by atoms with van der Waals surface area (Å²) in [7, 11) is 0. The van der Waals surface area contributed by atoms with Crippen LogP contribution in [0.4, 0.5) is 5.95 Å². The Hall–Kier alpha value is -4.71. The number of aromatic amines is 1. The summed E-state index contributed by atoms with van der Waals surface area (Å²) in [6.07, 6.45) is 6.95. The number of hydrazone groups is 1. The highest BCUT2D eigenvalue weighted by atomic mass is 16.5. The highest BCUT2D eigenvalue weighted by Gasteiger charge is 2.12. The van der Waals surface area contributed by atoms with Crippen LogP contribution >= 0.6 is 0 Å². The van der Waals surface area contributed by atoms with Gasteiger partial charge in [0.05, 0.1) is 24.8 Å². The molecule has 0 unspecified atom stereocenters. The van der Waals surface area contributed by atoms with Crippen molar-refractivity contribution in [2.75, 3.05) is 12.0 Å². The van der Waals surface area contributed by atoms with E-state index in [-0.39, 0.29) is 11.5 Å². The second-order valence-electron chi connectivity index (χ2n) is 6.70. The first-order valence-corrected chi connectivity index (χ1v) is 9.80. The van der Waals surface area contributed by atoms with Gasteiger partial charge in [0.25, 0.3) is 5.56 Å². The molecule has 4 aromatic rings. The van der Waals surface area contributed by atoms with Crippen molar-refractivity contribution < 1.29 is 4.74 Å². The maximum atomic E-state index is 12.3. The zero-order valence-electron chi connectivity index (χ0n) is 17.0. The topological polar surface area (TPSA) is 121 Å². The van der Waals surface area contributed by atoms with E-state index in [1.807, 2.05) is 59.3 Å². The molecule has 158 valence electrons. The minimum absolute atomic E-state index is 0.0469. The van der Waals surface area contributed by atoms with Crippen molar-refractivity contribution in [1.29, 1.82) is 5.26 Å². The first-order valence-electron chi connectivity index (χ1n) is 9.80. The van der Waals surface area contributed by atoms with E-state index >= 15 is 0 Å². The number of H-pyrrole nitrogens is 1. The highest BCUT2D eigenvalue weighted by Crippen LogP contribution is 2.19. The van der Waals surface area contributed by atoms with Crippen molar-refractivity contribution >= 4 is 12.2 Å². The molecule has 2 N–H and O–H groups in total. The molecule has 0 bridgehead atoms. The van der Waals surface area contributed by atoms with Gasteiger partial charge in [-0.05, 0) is 29.8 Å². The van der Waals surface area contributed by atoms with Gasteiger partial charge < -0.3 is 9.30 Å². The van der Waals surface area contributed by atoms with Crippen molar-refractivity contribution in [3.8, 4) is 23.1 Å². The number of ether oxygens (including phenoxy) is 1. The van der Waals surface area contributed by atoms with Crippen LogP contribution in [-0.2, 0) is 6.54 Å². The third-order valence-electron chi connectivity index (χ3n) is 4.52.